The zero-order valence-corrected chi connectivity index (χ0v) is 18.1. The van der Waals surface area contributed by atoms with Gasteiger partial charge in [0.2, 0.25) is 0 Å². The molecule has 4 nitrogen and oxygen atoms in total. The Labute approximate surface area is 189 Å². The Kier molecular flexibility index (Phi) is 6.46. The van der Waals surface area contributed by atoms with Crippen molar-refractivity contribution in [3.63, 3.8) is 0 Å². The highest BCUT2D eigenvalue weighted by Gasteiger charge is 2.36. The maximum atomic E-state index is 13.3. The molecule has 0 amide bonds. The molecule has 2 aromatic carbocycles. The molecular weight excluding hydrogens is 441 g/mol. The number of methoxy groups -OCH3 is 1. The van der Waals surface area contributed by atoms with Crippen molar-refractivity contribution in [2.75, 3.05) is 7.11 Å². The molecule has 168 valence electrons. The maximum Gasteiger partial charge on any atom is 0.435 e. The van der Waals surface area contributed by atoms with Crippen molar-refractivity contribution >= 4 is 11.6 Å². The third-order valence-corrected chi connectivity index (χ3v) is 5.85. The topological polar surface area (TPSA) is 36.3 Å². The largest absolute Gasteiger partial charge is 0.497 e. The van der Waals surface area contributed by atoms with Gasteiger partial charge in [-0.2, -0.15) is 18.3 Å². The van der Waals surface area contributed by atoms with Gasteiger partial charge in [-0.05, 0) is 54.3 Å². The number of allylic oxidation sites excluding steroid dienone is 2. The minimum Gasteiger partial charge on any atom is -0.497 e. The van der Waals surface area contributed by atoms with Gasteiger partial charge in [0.15, 0.2) is 5.69 Å². The zero-order valence-electron chi connectivity index (χ0n) is 17.3. The summed E-state index contributed by atoms with van der Waals surface area (Å²) in [6, 6.07) is 15.7. The van der Waals surface area contributed by atoms with Crippen LogP contribution in [0, 0.1) is 0 Å². The van der Waals surface area contributed by atoms with Crippen LogP contribution >= 0.6 is 11.6 Å². The predicted molar refractivity (Wildman–Crippen MR) is 117 cm³/mol. The molecule has 2 unspecified atom stereocenters. The fourth-order valence-electron chi connectivity index (χ4n) is 3.69. The highest BCUT2D eigenvalue weighted by atomic mass is 35.5. The smallest absolute Gasteiger partial charge is 0.435 e. The molecule has 1 aromatic heterocycles. The first-order valence-corrected chi connectivity index (χ1v) is 10.6. The summed E-state index contributed by atoms with van der Waals surface area (Å²) in [4.78, 5) is 0. The van der Waals surface area contributed by atoms with E-state index in [0.717, 1.165) is 22.9 Å². The summed E-state index contributed by atoms with van der Waals surface area (Å²) < 4.78 is 52.3. The summed E-state index contributed by atoms with van der Waals surface area (Å²) in [5, 5.41) is 3.49. The molecule has 0 saturated carbocycles. The minimum absolute atomic E-state index is 0.0502. The zero-order chi connectivity index (χ0) is 22.7. The third kappa shape index (κ3) is 4.93. The van der Waals surface area contributed by atoms with Crippen molar-refractivity contribution in [3.8, 4) is 22.6 Å². The maximum absolute atomic E-state index is 13.3. The average molecular weight is 463 g/mol. The number of ether oxygens (including phenoxy) is 2. The summed E-state index contributed by atoms with van der Waals surface area (Å²) in [6.07, 6.45) is 0.419. The Balaban J connectivity index is 1.52. The van der Waals surface area contributed by atoms with Crippen LogP contribution < -0.4 is 9.47 Å². The molecule has 3 aromatic rings. The second-order valence-corrected chi connectivity index (χ2v) is 8.09. The molecule has 0 spiro atoms. The van der Waals surface area contributed by atoms with E-state index in [1.165, 1.54) is 4.68 Å². The van der Waals surface area contributed by atoms with E-state index in [-0.39, 0.29) is 18.0 Å². The molecule has 4 rings (SSSR count). The number of aromatic nitrogens is 2. The molecule has 2 atom stereocenters. The molecule has 1 aliphatic carbocycles. The van der Waals surface area contributed by atoms with Gasteiger partial charge in [0.25, 0.3) is 0 Å². The number of benzene rings is 2. The van der Waals surface area contributed by atoms with Crippen LogP contribution in [0.5, 0.6) is 11.5 Å². The van der Waals surface area contributed by atoms with Crippen molar-refractivity contribution in [3.05, 3.63) is 78.1 Å². The van der Waals surface area contributed by atoms with E-state index in [9.17, 15) is 13.2 Å². The summed E-state index contributed by atoms with van der Waals surface area (Å²) >= 11 is 6.38. The first-order chi connectivity index (χ1) is 15.3. The molecule has 0 fully saturated rings. The van der Waals surface area contributed by atoms with E-state index >= 15 is 0 Å². The Bertz CT molecular complexity index is 1090. The monoisotopic (exact) mass is 462 g/mol. The van der Waals surface area contributed by atoms with Crippen LogP contribution in [0.15, 0.2) is 66.7 Å². The molecule has 8 heteroatoms. The highest BCUT2D eigenvalue weighted by Crippen LogP contribution is 2.34. The van der Waals surface area contributed by atoms with E-state index in [4.69, 9.17) is 21.1 Å². The first-order valence-electron chi connectivity index (χ1n) is 10.2. The van der Waals surface area contributed by atoms with Gasteiger partial charge in [0, 0.05) is 0 Å². The summed E-state index contributed by atoms with van der Waals surface area (Å²) in [6.45, 7) is -0.0502. The molecule has 32 heavy (non-hydrogen) atoms. The van der Waals surface area contributed by atoms with E-state index < -0.39 is 11.9 Å². The lowest BCUT2D eigenvalue weighted by Gasteiger charge is -2.25. The second kappa shape index (κ2) is 9.28. The van der Waals surface area contributed by atoms with Crippen molar-refractivity contribution in [1.29, 1.82) is 0 Å². The summed E-state index contributed by atoms with van der Waals surface area (Å²) in [5.41, 5.74) is 1.35. The molecule has 1 aliphatic rings. The van der Waals surface area contributed by atoms with Gasteiger partial charge in [-0.25, -0.2) is 0 Å². The summed E-state index contributed by atoms with van der Waals surface area (Å²) in [5.74, 6) is 1.30. The van der Waals surface area contributed by atoms with E-state index in [1.807, 2.05) is 48.6 Å². The Morgan fingerprint density at radius 1 is 1.00 bits per heavy atom. The van der Waals surface area contributed by atoms with Gasteiger partial charge in [-0.15, -0.1) is 11.6 Å². The molecule has 0 saturated heterocycles. The minimum atomic E-state index is -4.54. The van der Waals surface area contributed by atoms with Crippen LogP contribution in [-0.2, 0) is 12.8 Å². The number of hydrogen-bond donors (Lipinski definition) is 0. The number of nitrogens with zero attached hydrogens (tertiary/aromatic N) is 2. The fraction of sp³-hybridized carbons (Fsp3) is 0.292. The van der Waals surface area contributed by atoms with Crippen LogP contribution in [0.1, 0.15) is 30.3 Å². The normalized spacial score (nSPS) is 18.5. The lowest BCUT2D eigenvalue weighted by Crippen LogP contribution is -2.25. The molecule has 0 N–H and O–H groups in total. The number of alkyl halides is 4. The Morgan fingerprint density at radius 3 is 2.44 bits per heavy atom. The Hall–Kier alpha value is -2.93. The molecular formula is C24H22ClF3N2O2. The highest BCUT2D eigenvalue weighted by molar-refractivity contribution is 6.21. The predicted octanol–water partition coefficient (Wildman–Crippen LogP) is 6.66. The molecule has 0 bridgehead atoms. The lowest BCUT2D eigenvalue weighted by atomic mass is 10.0. The van der Waals surface area contributed by atoms with Crippen LogP contribution in [0.3, 0.4) is 0 Å². The van der Waals surface area contributed by atoms with Crippen LogP contribution in [0.4, 0.5) is 13.2 Å². The Morgan fingerprint density at radius 2 is 1.75 bits per heavy atom. The third-order valence-electron chi connectivity index (χ3n) is 5.38. The average Bonchev–Trinajstić information content (AvgIpc) is 3.23. The van der Waals surface area contributed by atoms with Crippen molar-refractivity contribution in [1.82, 2.24) is 9.78 Å². The van der Waals surface area contributed by atoms with Crippen LogP contribution in [0.2, 0.25) is 0 Å². The number of hydrogen-bond acceptors (Lipinski definition) is 3. The van der Waals surface area contributed by atoms with Crippen molar-refractivity contribution in [2.24, 2.45) is 0 Å². The van der Waals surface area contributed by atoms with Crippen molar-refractivity contribution < 1.29 is 22.6 Å². The summed E-state index contributed by atoms with van der Waals surface area (Å²) in [7, 11) is 1.61. The SMILES string of the molecule is COc1cccc(-c2ccc(OCc3cc(C(F)(F)F)nn3C3CC=CCC3Cl)cc2)c1. The van der Waals surface area contributed by atoms with Gasteiger partial charge in [0.05, 0.1) is 24.2 Å². The quantitative estimate of drug-likeness (QED) is 0.304. The number of halogens is 4. The van der Waals surface area contributed by atoms with Gasteiger partial charge in [0.1, 0.15) is 18.1 Å². The fourth-order valence-corrected chi connectivity index (χ4v) is 4.00. The second-order valence-electron chi connectivity index (χ2n) is 7.53. The van der Waals surface area contributed by atoms with Gasteiger partial charge in [-0.3, -0.25) is 4.68 Å². The number of rotatable bonds is 6. The molecule has 0 aliphatic heterocycles. The van der Waals surface area contributed by atoms with Gasteiger partial charge >= 0.3 is 6.18 Å². The van der Waals surface area contributed by atoms with Crippen LogP contribution in [-0.4, -0.2) is 22.3 Å². The first kappa shape index (κ1) is 22.3. The standard InChI is InChI=1S/C24H22ClF3N2O2/c1-31-20-6-4-5-17(13-20)16-9-11-19(12-10-16)32-15-18-14-23(24(26,27)28)29-30(18)22-8-3-2-7-21(22)25/h2-6,9-14,21-22H,7-8,15H2,1H3. The van der Waals surface area contributed by atoms with E-state index in [1.54, 1.807) is 19.2 Å². The van der Waals surface area contributed by atoms with Crippen LogP contribution in [0.25, 0.3) is 11.1 Å². The molecule has 0 radical (unpaired) electrons. The lowest BCUT2D eigenvalue weighted by molar-refractivity contribution is -0.141. The van der Waals surface area contributed by atoms with E-state index in [2.05, 4.69) is 5.10 Å². The van der Waals surface area contributed by atoms with Crippen molar-refractivity contribution in [2.45, 2.75) is 37.0 Å². The molecule has 1 heterocycles. The van der Waals surface area contributed by atoms with Gasteiger partial charge < -0.3 is 9.47 Å². The van der Waals surface area contributed by atoms with Gasteiger partial charge in [-0.1, -0.05) is 36.4 Å². The van der Waals surface area contributed by atoms with E-state index in [0.29, 0.717) is 24.3 Å².